The van der Waals surface area contributed by atoms with Crippen LogP contribution in [0.3, 0.4) is 0 Å². The third-order valence-electron chi connectivity index (χ3n) is 2.53. The van der Waals surface area contributed by atoms with Crippen molar-refractivity contribution >= 4 is 11.9 Å². The topological polar surface area (TPSA) is 26.5 Å². The summed E-state index contributed by atoms with van der Waals surface area (Å²) < 4.78 is 0. The van der Waals surface area contributed by atoms with E-state index in [1.54, 1.807) is 0 Å². The molecule has 0 aliphatic heterocycles. The molecule has 0 fully saturated rings. The van der Waals surface area contributed by atoms with Gasteiger partial charge >= 0.3 is 17.1 Å². The van der Waals surface area contributed by atoms with Crippen LogP contribution >= 0.6 is 0 Å². The third kappa shape index (κ3) is 3.86. The summed E-state index contributed by atoms with van der Waals surface area (Å²) in [5.74, 6) is 0. The Morgan fingerprint density at radius 3 is 2.22 bits per heavy atom. The second-order valence-electron chi connectivity index (χ2n) is 5.10. The van der Waals surface area contributed by atoms with E-state index in [0.717, 1.165) is 17.1 Å². The van der Waals surface area contributed by atoms with E-state index in [9.17, 15) is 0 Å². The predicted molar refractivity (Wildman–Crippen MR) is 72.2 cm³/mol. The molecule has 0 amide bonds. The smallest absolute Gasteiger partial charge is 0.660 e. The summed E-state index contributed by atoms with van der Waals surface area (Å²) in [5.41, 5.74) is 3.07. The maximum atomic E-state index is 4.55. The molecule has 0 aliphatic carbocycles. The monoisotopic (exact) mass is 288 g/mol. The molecule has 0 N–H and O–H groups in total. The molecule has 0 spiro atoms. The number of aliphatic imine (C=N–C) groups is 1. The quantitative estimate of drug-likeness (QED) is 0.611. The van der Waals surface area contributed by atoms with E-state index in [2.05, 4.69) is 36.8 Å². The number of hydrogen-bond acceptors (Lipinski definition) is 1. The molecule has 0 saturated heterocycles. The minimum atomic E-state index is 0. The molecule has 2 rings (SSSR count). The van der Waals surface area contributed by atoms with Crippen LogP contribution in [-0.4, -0.2) is 6.21 Å². The molecule has 0 radical (unpaired) electrons. The van der Waals surface area contributed by atoms with Gasteiger partial charge in [0.1, 0.15) is 0 Å². The van der Waals surface area contributed by atoms with Crippen molar-refractivity contribution in [3.63, 3.8) is 0 Å². The molecule has 0 atom stereocenters. The Balaban J connectivity index is 0.00000162. The minimum absolute atomic E-state index is 0. The van der Waals surface area contributed by atoms with Gasteiger partial charge in [-0.3, -0.25) is 4.99 Å². The molecule has 1 heterocycles. The van der Waals surface area contributed by atoms with Crippen LogP contribution in [0.2, 0.25) is 0 Å². The van der Waals surface area contributed by atoms with E-state index in [0.29, 0.717) is 0 Å². The number of rotatable bonds is 2. The van der Waals surface area contributed by atoms with Gasteiger partial charge in [-0.25, -0.2) is 0 Å². The largest absolute Gasteiger partial charge is 1.00 e. The maximum absolute atomic E-state index is 4.55. The zero-order valence-electron chi connectivity index (χ0n) is 10.8. The molecular weight excluding hydrogens is 272 g/mol. The van der Waals surface area contributed by atoms with Gasteiger partial charge in [0.15, 0.2) is 0 Å². The van der Waals surface area contributed by atoms with Crippen LogP contribution in [0.4, 0.5) is 5.69 Å². The van der Waals surface area contributed by atoms with Gasteiger partial charge in [0, 0.05) is 6.21 Å². The van der Waals surface area contributed by atoms with E-state index in [1.165, 1.54) is 0 Å². The van der Waals surface area contributed by atoms with Gasteiger partial charge in [0.25, 0.3) is 0 Å². The zero-order chi connectivity index (χ0) is 12.3. The first-order valence-corrected chi connectivity index (χ1v) is 5.79. The average Bonchev–Trinajstić information content (AvgIpc) is 2.76. The number of benzene rings is 1. The van der Waals surface area contributed by atoms with Gasteiger partial charge in [-0.1, -0.05) is 51.1 Å². The first kappa shape index (κ1) is 14.7. The standard InChI is InChI=1S/C15H17N2.Cu/c1-15(2,3)14-10-9-13(17-14)11-16-12-7-5-4-6-8-12;/h4-11H,1-3H3;/q-1;+1. The van der Waals surface area contributed by atoms with Crippen LogP contribution in [0.25, 0.3) is 0 Å². The third-order valence-corrected chi connectivity index (χ3v) is 2.53. The van der Waals surface area contributed by atoms with Crippen molar-refractivity contribution in [1.29, 1.82) is 0 Å². The van der Waals surface area contributed by atoms with Gasteiger partial charge < -0.3 is 4.98 Å². The Morgan fingerprint density at radius 2 is 1.67 bits per heavy atom. The second kappa shape index (κ2) is 6.03. The van der Waals surface area contributed by atoms with Crippen molar-refractivity contribution in [2.24, 2.45) is 4.99 Å². The van der Waals surface area contributed by atoms with Crippen molar-refractivity contribution in [2.75, 3.05) is 0 Å². The molecule has 3 heteroatoms. The van der Waals surface area contributed by atoms with Gasteiger partial charge in [0.05, 0.1) is 5.69 Å². The molecule has 0 bridgehead atoms. The Bertz CT molecular complexity index is 507. The molecule has 18 heavy (non-hydrogen) atoms. The van der Waals surface area contributed by atoms with Crippen LogP contribution < -0.4 is 4.98 Å². The van der Waals surface area contributed by atoms with Crippen molar-refractivity contribution in [1.82, 2.24) is 4.98 Å². The summed E-state index contributed by atoms with van der Waals surface area (Å²) in [7, 11) is 0. The number of nitrogens with zero attached hydrogens (tertiary/aromatic N) is 2. The van der Waals surface area contributed by atoms with Crippen LogP contribution in [0.1, 0.15) is 32.2 Å². The van der Waals surface area contributed by atoms with Crippen molar-refractivity contribution < 1.29 is 17.1 Å². The summed E-state index contributed by atoms with van der Waals surface area (Å²) in [4.78, 5) is 8.93. The summed E-state index contributed by atoms with van der Waals surface area (Å²) in [5, 5.41) is 0. The van der Waals surface area contributed by atoms with Gasteiger partial charge in [-0.15, -0.1) is 5.69 Å². The fourth-order valence-electron chi connectivity index (χ4n) is 1.52. The van der Waals surface area contributed by atoms with Crippen LogP contribution in [-0.2, 0) is 22.5 Å². The first-order valence-electron chi connectivity index (χ1n) is 5.79. The van der Waals surface area contributed by atoms with Crippen molar-refractivity contribution in [3.8, 4) is 0 Å². The molecule has 1 aromatic carbocycles. The van der Waals surface area contributed by atoms with Gasteiger partial charge in [-0.05, 0) is 17.5 Å². The Labute approximate surface area is 119 Å². The van der Waals surface area contributed by atoms with E-state index >= 15 is 0 Å². The first-order chi connectivity index (χ1) is 8.05. The molecule has 1 aromatic heterocycles. The summed E-state index contributed by atoms with van der Waals surface area (Å²) in [6, 6.07) is 14.0. The number of para-hydroxylation sites is 1. The van der Waals surface area contributed by atoms with Crippen molar-refractivity contribution in [2.45, 2.75) is 26.2 Å². The predicted octanol–water partition coefficient (Wildman–Crippen LogP) is 3.69. The average molecular weight is 289 g/mol. The molecule has 2 aromatic rings. The van der Waals surface area contributed by atoms with Crippen LogP contribution in [0, 0.1) is 0 Å². The Kier molecular flexibility index (Phi) is 4.94. The fourth-order valence-corrected chi connectivity index (χ4v) is 1.52. The molecule has 0 unspecified atom stereocenters. The molecule has 0 saturated carbocycles. The van der Waals surface area contributed by atoms with E-state index in [-0.39, 0.29) is 22.5 Å². The SMILES string of the molecule is CC(C)(C)c1ccc(C=Nc2ccccc2)[n-]1.[Cu+]. The van der Waals surface area contributed by atoms with Crippen LogP contribution in [0.5, 0.6) is 0 Å². The van der Waals surface area contributed by atoms with Gasteiger partial charge in [-0.2, -0.15) is 5.69 Å². The summed E-state index contributed by atoms with van der Waals surface area (Å²) in [6.07, 6.45) is 1.81. The molecule has 0 aliphatic rings. The van der Waals surface area contributed by atoms with E-state index in [1.807, 2.05) is 42.6 Å². The number of hydrogen-bond donors (Lipinski definition) is 0. The normalized spacial score (nSPS) is 11.5. The summed E-state index contributed by atoms with van der Waals surface area (Å²) in [6.45, 7) is 6.48. The minimum Gasteiger partial charge on any atom is -0.660 e. The van der Waals surface area contributed by atoms with Gasteiger partial charge in [0.2, 0.25) is 0 Å². The Morgan fingerprint density at radius 1 is 1.00 bits per heavy atom. The zero-order valence-corrected chi connectivity index (χ0v) is 11.8. The molecule has 2 nitrogen and oxygen atoms in total. The summed E-state index contributed by atoms with van der Waals surface area (Å²) >= 11 is 0. The fraction of sp³-hybridized carbons (Fsp3) is 0.267. The second-order valence-corrected chi connectivity index (χ2v) is 5.10. The van der Waals surface area contributed by atoms with Crippen LogP contribution in [0.15, 0.2) is 47.5 Å². The maximum Gasteiger partial charge on any atom is 1.00 e. The Hall–Kier alpha value is -1.31. The molecule has 98 valence electrons. The van der Waals surface area contributed by atoms with E-state index < -0.39 is 0 Å². The number of aromatic nitrogens is 1. The van der Waals surface area contributed by atoms with Crippen molar-refractivity contribution in [3.05, 3.63) is 53.9 Å². The molecular formula is C15H17CuN2. The van der Waals surface area contributed by atoms with E-state index in [4.69, 9.17) is 0 Å².